The number of rotatable bonds is 18. The zero-order chi connectivity index (χ0) is 38.3. The third-order valence-electron chi connectivity index (χ3n) is 11.2. The number of para-hydroxylation sites is 2. The van der Waals surface area contributed by atoms with E-state index in [9.17, 15) is 9.59 Å². The lowest BCUT2D eigenvalue weighted by atomic mass is 9.98. The van der Waals surface area contributed by atoms with E-state index < -0.39 is 0 Å². The van der Waals surface area contributed by atoms with Gasteiger partial charge in [0.25, 0.3) is 11.8 Å². The molecule has 2 aromatic heterocycles. The minimum absolute atomic E-state index is 0.0259. The molecule has 2 aliphatic rings. The highest BCUT2D eigenvalue weighted by atomic mass is 32.1. The Morgan fingerprint density at radius 3 is 1.51 bits per heavy atom. The van der Waals surface area contributed by atoms with Crippen LogP contribution in [0.5, 0.6) is 0 Å². The zero-order valence-electron chi connectivity index (χ0n) is 32.7. The van der Waals surface area contributed by atoms with Crippen LogP contribution in [0.2, 0.25) is 0 Å². The Balaban J connectivity index is 1.29. The van der Waals surface area contributed by atoms with Crippen molar-refractivity contribution in [3.05, 3.63) is 135 Å². The van der Waals surface area contributed by atoms with E-state index in [2.05, 4.69) is 124 Å². The number of hydrogen-bond donors (Lipinski definition) is 0. The number of nitrogens with zero attached hydrogens (tertiary/aromatic N) is 3. The number of unbranched alkanes of at least 4 members (excludes halogenated alkanes) is 2. The second-order valence-corrected chi connectivity index (χ2v) is 16.8. The molecule has 284 valence electrons. The summed E-state index contributed by atoms with van der Waals surface area (Å²) in [4.78, 5) is 39.0. The highest BCUT2D eigenvalue weighted by molar-refractivity contribution is 7.16. The van der Waals surface area contributed by atoms with Crippen LogP contribution in [0.1, 0.15) is 88.8 Å². The van der Waals surface area contributed by atoms with Gasteiger partial charge in [0.05, 0.1) is 32.3 Å². The molecule has 5 aromatic rings. The lowest BCUT2D eigenvalue weighted by Crippen LogP contribution is -2.34. The predicted octanol–water partition coefficient (Wildman–Crippen LogP) is 13.2. The van der Waals surface area contributed by atoms with Crippen molar-refractivity contribution < 1.29 is 9.59 Å². The minimum atomic E-state index is -0.0259. The van der Waals surface area contributed by atoms with Gasteiger partial charge in [-0.15, -0.1) is 22.7 Å². The van der Waals surface area contributed by atoms with Gasteiger partial charge < -0.3 is 14.7 Å². The number of benzene rings is 3. The van der Waals surface area contributed by atoms with E-state index in [1.165, 1.54) is 0 Å². The molecule has 4 heterocycles. The Morgan fingerprint density at radius 2 is 1.04 bits per heavy atom. The topological polar surface area (TPSA) is 43.9 Å². The normalized spacial score (nSPS) is 15.3. The summed E-state index contributed by atoms with van der Waals surface area (Å²) in [7, 11) is 0. The molecule has 0 radical (unpaired) electrons. The van der Waals surface area contributed by atoms with Crippen molar-refractivity contribution in [2.45, 2.75) is 79.1 Å². The molecule has 7 heteroatoms. The lowest BCUT2D eigenvalue weighted by molar-refractivity contribution is -0.124. The van der Waals surface area contributed by atoms with Gasteiger partial charge in [0.1, 0.15) is 0 Å². The van der Waals surface area contributed by atoms with Crippen molar-refractivity contribution >= 4 is 62.9 Å². The van der Waals surface area contributed by atoms with Crippen molar-refractivity contribution in [2.75, 3.05) is 18.0 Å². The van der Waals surface area contributed by atoms with Gasteiger partial charge in [-0.3, -0.25) is 9.59 Å². The molecule has 0 N–H and O–H groups in total. The van der Waals surface area contributed by atoms with Crippen LogP contribution in [0, 0.1) is 11.8 Å². The zero-order valence-corrected chi connectivity index (χ0v) is 34.3. The van der Waals surface area contributed by atoms with Gasteiger partial charge in [0.15, 0.2) is 0 Å². The summed E-state index contributed by atoms with van der Waals surface area (Å²) in [5.74, 6) is 0.685. The third kappa shape index (κ3) is 8.01. The number of carbonyl (C=O) groups is 2. The molecule has 7 rings (SSSR count). The van der Waals surface area contributed by atoms with Gasteiger partial charge in [-0.2, -0.15) is 0 Å². The van der Waals surface area contributed by atoms with Gasteiger partial charge in [-0.05, 0) is 90.2 Å². The number of thiophene rings is 2. The van der Waals surface area contributed by atoms with E-state index in [4.69, 9.17) is 0 Å². The monoisotopic (exact) mass is 767 g/mol. The quantitative estimate of drug-likeness (QED) is 0.0892. The molecule has 0 saturated carbocycles. The van der Waals surface area contributed by atoms with Crippen LogP contribution in [0.3, 0.4) is 0 Å². The standard InChI is InChI=1S/C48H53N3O2S2/c1-5-9-18-34(7-3)32-49-45(41-24-17-31-54-41)43-44(48(49)53)46(50(47(43)52)33-35(8-4)19-10-6-2)42-30-29-40(55-42)36-25-27-39(28-26-36)51(37-20-13-11-14-21-37)38-22-15-12-16-23-38/h11-17,20-31,34-35H,5-10,18-19,32-33H2,1-4H3. The highest BCUT2D eigenvalue weighted by Gasteiger charge is 2.50. The molecule has 55 heavy (non-hydrogen) atoms. The van der Waals surface area contributed by atoms with E-state index >= 15 is 0 Å². The fourth-order valence-electron chi connectivity index (χ4n) is 8.02. The van der Waals surface area contributed by atoms with Gasteiger partial charge >= 0.3 is 0 Å². The van der Waals surface area contributed by atoms with Crippen molar-refractivity contribution in [3.8, 4) is 10.4 Å². The molecule has 0 aliphatic carbocycles. The second-order valence-electron chi connectivity index (χ2n) is 14.8. The number of fused-ring (bicyclic) bond motifs is 1. The summed E-state index contributed by atoms with van der Waals surface area (Å²) in [6.45, 7) is 10.1. The highest BCUT2D eigenvalue weighted by Crippen LogP contribution is 2.50. The summed E-state index contributed by atoms with van der Waals surface area (Å²) < 4.78 is 0. The molecule has 2 amide bonds. The average molecular weight is 768 g/mol. The molecule has 2 unspecified atom stereocenters. The first-order valence-electron chi connectivity index (χ1n) is 20.2. The fourth-order valence-corrected chi connectivity index (χ4v) is 9.87. The molecule has 0 bridgehead atoms. The number of amides is 2. The van der Waals surface area contributed by atoms with E-state index in [1.807, 2.05) is 33.4 Å². The van der Waals surface area contributed by atoms with Crippen LogP contribution < -0.4 is 4.90 Å². The van der Waals surface area contributed by atoms with Crippen molar-refractivity contribution in [2.24, 2.45) is 11.8 Å². The summed E-state index contributed by atoms with van der Waals surface area (Å²) in [5, 5.41) is 2.05. The number of carbonyl (C=O) groups excluding carboxylic acids is 2. The molecule has 0 spiro atoms. The largest absolute Gasteiger partial charge is 0.311 e. The van der Waals surface area contributed by atoms with E-state index in [0.717, 1.165) is 100 Å². The molecular weight excluding hydrogens is 715 g/mol. The maximum Gasteiger partial charge on any atom is 0.261 e. The summed E-state index contributed by atoms with van der Waals surface area (Å²) in [6.07, 6.45) is 8.65. The minimum Gasteiger partial charge on any atom is -0.311 e. The smallest absolute Gasteiger partial charge is 0.261 e. The molecule has 2 atom stereocenters. The van der Waals surface area contributed by atoms with Crippen LogP contribution in [0.25, 0.3) is 21.8 Å². The first kappa shape index (κ1) is 38.6. The van der Waals surface area contributed by atoms with E-state index in [1.54, 1.807) is 22.7 Å². The first-order chi connectivity index (χ1) is 27.0. The van der Waals surface area contributed by atoms with Gasteiger partial charge in [-0.1, -0.05) is 121 Å². The molecular formula is C48H53N3O2S2. The average Bonchev–Trinajstić information content (AvgIpc) is 4.03. The summed E-state index contributed by atoms with van der Waals surface area (Å²) in [6, 6.07) is 38.0. The Hall–Kier alpha value is -4.72. The van der Waals surface area contributed by atoms with Gasteiger partial charge in [0.2, 0.25) is 0 Å². The maximum absolute atomic E-state index is 14.9. The Morgan fingerprint density at radius 1 is 0.545 bits per heavy atom. The van der Waals surface area contributed by atoms with Crippen LogP contribution in [0.15, 0.2) is 126 Å². The third-order valence-corrected chi connectivity index (χ3v) is 13.2. The predicted molar refractivity (Wildman–Crippen MR) is 233 cm³/mol. The van der Waals surface area contributed by atoms with Gasteiger partial charge in [-0.25, -0.2) is 0 Å². The van der Waals surface area contributed by atoms with Crippen molar-refractivity contribution in [3.63, 3.8) is 0 Å². The van der Waals surface area contributed by atoms with E-state index in [-0.39, 0.29) is 11.8 Å². The van der Waals surface area contributed by atoms with Crippen LogP contribution >= 0.6 is 22.7 Å². The Bertz CT molecular complexity index is 2080. The summed E-state index contributed by atoms with van der Waals surface area (Å²) in [5.41, 5.74) is 7.17. The molecule has 5 nitrogen and oxygen atoms in total. The van der Waals surface area contributed by atoms with E-state index in [0.29, 0.717) is 36.1 Å². The summed E-state index contributed by atoms with van der Waals surface area (Å²) >= 11 is 3.29. The lowest BCUT2D eigenvalue weighted by Gasteiger charge is -2.29. The van der Waals surface area contributed by atoms with Gasteiger partial charge in [0, 0.05) is 35.0 Å². The number of anilines is 3. The maximum atomic E-state index is 14.9. The van der Waals surface area contributed by atoms with Crippen LogP contribution in [-0.4, -0.2) is 34.7 Å². The molecule has 3 aromatic carbocycles. The molecule has 0 saturated heterocycles. The Kier molecular flexibility index (Phi) is 12.5. The van der Waals surface area contributed by atoms with Crippen LogP contribution in [-0.2, 0) is 9.59 Å². The van der Waals surface area contributed by atoms with Crippen molar-refractivity contribution in [1.82, 2.24) is 9.80 Å². The molecule has 0 fully saturated rings. The number of hydrogen-bond acceptors (Lipinski definition) is 5. The van der Waals surface area contributed by atoms with Crippen LogP contribution in [0.4, 0.5) is 17.1 Å². The fraction of sp³-hybridized carbons (Fsp3) is 0.333. The first-order valence-corrected chi connectivity index (χ1v) is 21.9. The Labute approximate surface area is 335 Å². The molecule has 2 aliphatic heterocycles. The SMILES string of the molecule is CCCCC(CC)CN1C(=O)C2=C(c3ccc(-c4ccc(N(c5ccccc5)c5ccccc5)cc4)s3)N(CC(CC)CCCC)C(=O)C2=C1c1cccs1. The van der Waals surface area contributed by atoms with Crippen molar-refractivity contribution in [1.29, 1.82) is 0 Å². The second kappa shape index (κ2) is 17.8.